The second kappa shape index (κ2) is 15.3. The summed E-state index contributed by atoms with van der Waals surface area (Å²) in [7, 11) is 1.71. The van der Waals surface area contributed by atoms with E-state index >= 15 is 0 Å². The molecule has 0 amide bonds. The summed E-state index contributed by atoms with van der Waals surface area (Å²) in [5, 5.41) is 0. The van der Waals surface area contributed by atoms with Crippen molar-refractivity contribution >= 4 is 45.9 Å². The fourth-order valence-corrected chi connectivity index (χ4v) is 7.84. The second-order valence-electron chi connectivity index (χ2n) is 13.7. The number of hydrogen-bond acceptors (Lipinski definition) is 3. The number of fused-ring (bicyclic) bond motifs is 8. The molecule has 0 spiro atoms. The van der Waals surface area contributed by atoms with E-state index in [1.54, 1.807) is 7.11 Å². The van der Waals surface area contributed by atoms with Crippen LogP contribution >= 0.6 is 0 Å². The largest absolute Gasteiger partial charge is 2.00 e. The Morgan fingerprint density at radius 3 is 1.25 bits per heavy atom. The molecule has 2 aliphatic rings. The average molecular weight is 782 g/mol. The topological polar surface area (TPSA) is 63.2 Å². The molecule has 8 aromatic rings. The van der Waals surface area contributed by atoms with Crippen LogP contribution in [0.15, 0.2) is 170 Å². The maximum absolute atomic E-state index is 5.99. The molecule has 10 rings (SSSR count). The standard InChI is InChI=1S/C51H34N4O.Cu/c1-56-46-25-15-14-24-37(46)38-32-45-49(35-20-10-4-11-21-35)43-29-28-41(53-43)47(33-16-6-2-7-17-33)39-26-27-40(52-39)48(34-18-8-3-9-19-34)42-30-31-44(54-42)50(51(38)55-45)36-22-12-5-13-23-36;/h2-32H,1H3;/q-2;+2. The zero-order valence-electron chi connectivity index (χ0n) is 30.9. The van der Waals surface area contributed by atoms with E-state index in [1.165, 1.54) is 0 Å². The van der Waals surface area contributed by atoms with E-state index in [0.29, 0.717) is 0 Å². The molecule has 0 saturated heterocycles. The minimum Gasteiger partial charge on any atom is -0.657 e. The Balaban J connectivity index is 0.00000422. The Kier molecular flexibility index (Phi) is 9.57. The Bertz CT molecular complexity index is 2990. The zero-order valence-corrected chi connectivity index (χ0v) is 31.8. The quantitative estimate of drug-likeness (QED) is 0.157. The predicted molar refractivity (Wildman–Crippen MR) is 230 cm³/mol. The van der Waals surface area contributed by atoms with Crippen LogP contribution in [0.1, 0.15) is 28.3 Å². The summed E-state index contributed by atoms with van der Waals surface area (Å²) in [6.07, 6.45) is 6.39. The Morgan fingerprint density at radius 1 is 0.404 bits per heavy atom. The van der Waals surface area contributed by atoms with E-state index in [4.69, 9.17) is 24.7 Å². The summed E-state index contributed by atoms with van der Waals surface area (Å²) in [5.41, 5.74) is 16.3. The zero-order chi connectivity index (χ0) is 37.4. The fraction of sp³-hybridized carbons (Fsp3) is 0.0196. The number of ether oxygens (including phenoxy) is 1. The molecule has 5 nitrogen and oxygen atoms in total. The number of hydrogen-bond donors (Lipinski definition) is 0. The van der Waals surface area contributed by atoms with Crippen LogP contribution in [0.2, 0.25) is 0 Å². The molecule has 0 unspecified atom stereocenters. The van der Waals surface area contributed by atoms with Crippen molar-refractivity contribution in [1.82, 2.24) is 19.9 Å². The fourth-order valence-electron chi connectivity index (χ4n) is 7.84. The third-order valence-electron chi connectivity index (χ3n) is 10.4. The molecule has 0 aliphatic carbocycles. The van der Waals surface area contributed by atoms with Crippen molar-refractivity contribution in [2.75, 3.05) is 7.11 Å². The van der Waals surface area contributed by atoms with Crippen molar-refractivity contribution in [1.29, 1.82) is 0 Å². The maximum atomic E-state index is 5.99. The van der Waals surface area contributed by atoms with Crippen molar-refractivity contribution in [3.05, 3.63) is 198 Å². The SMILES string of the molecule is COc1ccccc1C1=Cc2nc1c(-c1ccccc1)c1ccc([n-]1)c(-c1ccccc1)c1nc(c(-c3ccccc3)c3ccc([n-]3)c2-c2ccccc2)C=C1.[Cu+2]. The summed E-state index contributed by atoms with van der Waals surface area (Å²) < 4.78 is 5.99. The van der Waals surface area contributed by atoms with Gasteiger partial charge in [-0.3, -0.25) is 0 Å². The van der Waals surface area contributed by atoms with Gasteiger partial charge in [-0.05, 0) is 68.8 Å². The first kappa shape index (κ1) is 35.7. The van der Waals surface area contributed by atoms with E-state index in [9.17, 15) is 0 Å². The van der Waals surface area contributed by atoms with Crippen molar-refractivity contribution in [2.24, 2.45) is 0 Å². The normalized spacial score (nSPS) is 11.8. The summed E-state index contributed by atoms with van der Waals surface area (Å²) >= 11 is 0. The van der Waals surface area contributed by atoms with E-state index < -0.39 is 0 Å². The number of nitrogens with zero attached hydrogens (tertiary/aromatic N) is 4. The van der Waals surface area contributed by atoms with Gasteiger partial charge in [0.15, 0.2) is 0 Å². The smallest absolute Gasteiger partial charge is 0.657 e. The van der Waals surface area contributed by atoms with Crippen LogP contribution in [0.3, 0.4) is 0 Å². The Labute approximate surface area is 341 Å². The van der Waals surface area contributed by atoms with Gasteiger partial charge in [-0.15, -0.1) is 22.1 Å². The maximum Gasteiger partial charge on any atom is 2.00 e. The van der Waals surface area contributed by atoms with Gasteiger partial charge in [0, 0.05) is 11.1 Å². The predicted octanol–water partition coefficient (Wildman–Crippen LogP) is 12.0. The first-order chi connectivity index (χ1) is 27.7. The van der Waals surface area contributed by atoms with Crippen LogP contribution in [0.4, 0.5) is 0 Å². The van der Waals surface area contributed by atoms with Crippen molar-refractivity contribution in [3.8, 4) is 50.3 Å². The molecular weight excluding hydrogens is 748 g/mol. The van der Waals surface area contributed by atoms with Crippen LogP contribution < -0.4 is 14.7 Å². The third kappa shape index (κ3) is 6.51. The molecule has 0 fully saturated rings. The molecule has 5 heterocycles. The van der Waals surface area contributed by atoms with Crippen molar-refractivity contribution in [3.63, 3.8) is 0 Å². The van der Waals surface area contributed by atoms with E-state index in [2.05, 4.69) is 146 Å². The number of methoxy groups -OCH3 is 1. The van der Waals surface area contributed by atoms with Gasteiger partial charge < -0.3 is 14.7 Å². The first-order valence-electron chi connectivity index (χ1n) is 18.7. The molecule has 0 N–H and O–H groups in total. The summed E-state index contributed by atoms with van der Waals surface area (Å²) in [5.74, 6) is 0.761. The molecule has 6 heteroatoms. The van der Waals surface area contributed by atoms with Gasteiger partial charge in [-0.25, -0.2) is 9.97 Å². The molecule has 57 heavy (non-hydrogen) atoms. The Morgan fingerprint density at radius 2 is 0.789 bits per heavy atom. The van der Waals surface area contributed by atoms with Gasteiger partial charge in [-0.1, -0.05) is 164 Å². The van der Waals surface area contributed by atoms with Gasteiger partial charge >= 0.3 is 17.1 Å². The van der Waals surface area contributed by atoms with Crippen LogP contribution in [0, 0.1) is 0 Å². The van der Waals surface area contributed by atoms with Crippen LogP contribution in [-0.4, -0.2) is 17.1 Å². The van der Waals surface area contributed by atoms with Gasteiger partial charge in [-0.2, -0.15) is 0 Å². The molecule has 0 atom stereocenters. The third-order valence-corrected chi connectivity index (χ3v) is 10.4. The van der Waals surface area contributed by atoms with E-state index in [1.807, 2.05) is 42.5 Å². The monoisotopic (exact) mass is 781 g/mol. The number of benzene rings is 5. The number of para-hydroxylation sites is 1. The molecule has 5 aromatic carbocycles. The van der Waals surface area contributed by atoms with Gasteiger partial charge in [0.1, 0.15) is 5.75 Å². The average Bonchev–Trinajstić information content (AvgIpc) is 4.10. The summed E-state index contributed by atoms with van der Waals surface area (Å²) in [6, 6.07) is 58.2. The number of aromatic nitrogens is 4. The molecule has 3 aromatic heterocycles. The molecule has 1 radical (unpaired) electrons. The second-order valence-corrected chi connectivity index (χ2v) is 13.7. The van der Waals surface area contributed by atoms with Gasteiger partial charge in [0.2, 0.25) is 0 Å². The minimum absolute atomic E-state index is 0. The molecule has 2 aliphatic heterocycles. The van der Waals surface area contributed by atoms with Gasteiger partial charge in [0.05, 0.1) is 29.9 Å². The minimum atomic E-state index is 0. The first-order valence-corrected chi connectivity index (χ1v) is 18.7. The van der Waals surface area contributed by atoms with Crippen LogP contribution in [0.5, 0.6) is 5.75 Å². The van der Waals surface area contributed by atoms with Crippen molar-refractivity contribution in [2.45, 2.75) is 0 Å². The van der Waals surface area contributed by atoms with Crippen LogP contribution in [-0.2, 0) is 17.1 Å². The molecule has 275 valence electrons. The van der Waals surface area contributed by atoms with Gasteiger partial charge in [0.25, 0.3) is 0 Å². The molecule has 8 bridgehead atoms. The van der Waals surface area contributed by atoms with E-state index in [-0.39, 0.29) is 17.1 Å². The van der Waals surface area contributed by atoms with Crippen molar-refractivity contribution < 1.29 is 21.8 Å². The Hall–Kier alpha value is -6.98. The van der Waals surface area contributed by atoms with E-state index in [0.717, 1.165) is 106 Å². The van der Waals surface area contributed by atoms with Crippen LogP contribution in [0.25, 0.3) is 90.4 Å². The number of rotatable bonds is 6. The summed E-state index contributed by atoms with van der Waals surface area (Å²) in [6.45, 7) is 0. The summed E-state index contributed by atoms with van der Waals surface area (Å²) in [4.78, 5) is 21.8. The molecular formula is C51H34CuN4O. The molecule has 0 saturated carbocycles.